The first-order valence-electron chi connectivity index (χ1n) is 5.48. The van der Waals surface area contributed by atoms with Crippen molar-refractivity contribution in [2.75, 3.05) is 0 Å². The second-order valence-electron chi connectivity index (χ2n) is 5.41. The summed E-state index contributed by atoms with van der Waals surface area (Å²) in [5, 5.41) is 0. The third kappa shape index (κ3) is 0.687. The molecule has 0 aromatic rings. The van der Waals surface area contributed by atoms with Crippen LogP contribution < -0.4 is 0 Å². The Balaban J connectivity index is 1.82. The fourth-order valence-corrected chi connectivity index (χ4v) is 4.15. The molecule has 0 radical (unpaired) electrons. The monoisotopic (exact) mass is 178 g/mol. The zero-order valence-corrected chi connectivity index (χ0v) is 7.66. The molecule has 2 heteroatoms. The molecule has 4 aliphatic rings. The number of hydrogen-bond acceptors (Lipinski definition) is 2. The largest absolute Gasteiger partial charge is 0.365 e. The zero-order chi connectivity index (χ0) is 8.63. The van der Waals surface area contributed by atoms with Gasteiger partial charge in [0.2, 0.25) is 0 Å². The summed E-state index contributed by atoms with van der Waals surface area (Å²) >= 11 is 0. The predicted octanol–water partition coefficient (Wildman–Crippen LogP) is 1.53. The average molecular weight is 178 g/mol. The Morgan fingerprint density at radius 3 is 3.08 bits per heavy atom. The number of epoxide rings is 1. The van der Waals surface area contributed by atoms with Gasteiger partial charge >= 0.3 is 0 Å². The summed E-state index contributed by atoms with van der Waals surface area (Å²) < 4.78 is 5.82. The third-order valence-corrected chi connectivity index (χ3v) is 4.80. The van der Waals surface area contributed by atoms with Crippen LogP contribution in [0.4, 0.5) is 0 Å². The van der Waals surface area contributed by atoms with Crippen LogP contribution in [0.25, 0.3) is 0 Å². The second kappa shape index (κ2) is 1.85. The Bertz CT molecular complexity index is 298. The highest BCUT2D eigenvalue weighted by Crippen LogP contribution is 2.63. The highest BCUT2D eigenvalue weighted by Gasteiger charge is 2.69. The number of carbonyl (C=O) groups excluding carboxylic acids is 1. The lowest BCUT2D eigenvalue weighted by Crippen LogP contribution is -2.48. The van der Waals surface area contributed by atoms with Crippen LogP contribution >= 0.6 is 0 Å². The highest BCUT2D eigenvalue weighted by molar-refractivity contribution is 5.84. The van der Waals surface area contributed by atoms with Crippen LogP contribution in [0.15, 0.2) is 0 Å². The van der Waals surface area contributed by atoms with Gasteiger partial charge in [-0.2, -0.15) is 0 Å². The molecule has 5 atom stereocenters. The van der Waals surface area contributed by atoms with Crippen LogP contribution in [0.2, 0.25) is 0 Å². The topological polar surface area (TPSA) is 29.6 Å². The van der Waals surface area contributed by atoms with Gasteiger partial charge in [0.15, 0.2) is 0 Å². The first kappa shape index (κ1) is 6.99. The van der Waals surface area contributed by atoms with Crippen LogP contribution in [0, 0.1) is 17.8 Å². The van der Waals surface area contributed by atoms with E-state index in [1.807, 2.05) is 0 Å². The van der Waals surface area contributed by atoms with E-state index in [4.69, 9.17) is 4.74 Å². The molecule has 3 saturated carbocycles. The van der Waals surface area contributed by atoms with Crippen molar-refractivity contribution in [2.45, 2.75) is 43.8 Å². The number of hydrogen-bond donors (Lipinski definition) is 0. The van der Waals surface area contributed by atoms with Gasteiger partial charge in [-0.05, 0) is 37.5 Å². The van der Waals surface area contributed by atoms with Crippen LogP contribution in [0.3, 0.4) is 0 Å². The van der Waals surface area contributed by atoms with Gasteiger partial charge in [0, 0.05) is 12.3 Å². The van der Waals surface area contributed by atoms with E-state index in [1.165, 1.54) is 19.3 Å². The number of rotatable bonds is 0. The molecule has 70 valence electrons. The fraction of sp³-hybridized carbons (Fsp3) is 0.909. The molecule has 4 fully saturated rings. The summed E-state index contributed by atoms with van der Waals surface area (Å²) in [5.74, 6) is 2.48. The van der Waals surface area contributed by atoms with E-state index in [9.17, 15) is 4.79 Å². The molecule has 3 bridgehead atoms. The lowest BCUT2D eigenvalue weighted by atomic mass is 9.57. The van der Waals surface area contributed by atoms with Crippen LogP contribution in [0.5, 0.6) is 0 Å². The summed E-state index contributed by atoms with van der Waals surface area (Å²) in [6.07, 6.45) is 6.14. The van der Waals surface area contributed by atoms with E-state index in [-0.39, 0.29) is 5.60 Å². The van der Waals surface area contributed by atoms with Crippen LogP contribution in [-0.4, -0.2) is 17.5 Å². The van der Waals surface area contributed by atoms with Crippen molar-refractivity contribution in [3.05, 3.63) is 0 Å². The average Bonchev–Trinajstić information content (AvgIpc) is 2.76. The summed E-state index contributed by atoms with van der Waals surface area (Å²) in [6, 6.07) is 0. The first-order valence-corrected chi connectivity index (χ1v) is 5.48. The standard InChI is InChI=1S/C11H14O2/c12-9-5-11-8-2-6(1-7(9)4-8)3-10(11)13-11/h6-8,10H,1-5H2/t6-,7+,8+,10?,11?/m0/s1. The normalized spacial score (nSPS) is 62.0. The summed E-state index contributed by atoms with van der Waals surface area (Å²) in [6.45, 7) is 0. The van der Waals surface area contributed by atoms with Crippen molar-refractivity contribution in [2.24, 2.45) is 17.8 Å². The molecular weight excluding hydrogens is 164 g/mol. The minimum atomic E-state index is 0.0739. The number of ether oxygens (including phenoxy) is 1. The Labute approximate surface area is 77.6 Å². The predicted molar refractivity (Wildman–Crippen MR) is 46.2 cm³/mol. The maximum Gasteiger partial charge on any atom is 0.138 e. The molecule has 0 aromatic carbocycles. The molecule has 3 aliphatic carbocycles. The third-order valence-electron chi connectivity index (χ3n) is 4.80. The Hall–Kier alpha value is -0.370. The van der Waals surface area contributed by atoms with Gasteiger partial charge in [0.1, 0.15) is 11.4 Å². The maximum atomic E-state index is 11.7. The molecule has 2 nitrogen and oxygen atoms in total. The van der Waals surface area contributed by atoms with Crippen molar-refractivity contribution in [3.8, 4) is 0 Å². The summed E-state index contributed by atoms with van der Waals surface area (Å²) in [7, 11) is 0. The first-order chi connectivity index (χ1) is 6.28. The van der Waals surface area contributed by atoms with Gasteiger partial charge in [-0.25, -0.2) is 0 Å². The number of carbonyl (C=O) groups is 1. The van der Waals surface area contributed by atoms with Gasteiger partial charge in [-0.15, -0.1) is 0 Å². The molecule has 1 saturated heterocycles. The van der Waals surface area contributed by atoms with Crippen molar-refractivity contribution in [1.82, 2.24) is 0 Å². The lowest BCUT2D eigenvalue weighted by Gasteiger charge is -2.44. The van der Waals surface area contributed by atoms with E-state index in [2.05, 4.69) is 0 Å². The Morgan fingerprint density at radius 1 is 1.23 bits per heavy atom. The van der Waals surface area contributed by atoms with E-state index >= 15 is 0 Å². The Kier molecular flexibility index (Phi) is 0.997. The molecule has 0 aromatic heterocycles. The minimum absolute atomic E-state index is 0.0739. The van der Waals surface area contributed by atoms with Crippen molar-refractivity contribution >= 4 is 5.78 Å². The smallest absolute Gasteiger partial charge is 0.138 e. The molecule has 1 spiro atoms. The zero-order valence-electron chi connectivity index (χ0n) is 7.66. The molecule has 0 amide bonds. The summed E-state index contributed by atoms with van der Waals surface area (Å²) in [4.78, 5) is 11.7. The van der Waals surface area contributed by atoms with Crippen molar-refractivity contribution in [3.63, 3.8) is 0 Å². The Morgan fingerprint density at radius 2 is 2.15 bits per heavy atom. The molecule has 4 rings (SSSR count). The van der Waals surface area contributed by atoms with E-state index in [0.29, 0.717) is 17.8 Å². The lowest BCUT2D eigenvalue weighted by molar-refractivity contribution is -0.132. The van der Waals surface area contributed by atoms with Crippen LogP contribution in [-0.2, 0) is 9.53 Å². The molecule has 1 heterocycles. The molecule has 2 unspecified atom stereocenters. The summed E-state index contributed by atoms with van der Waals surface area (Å²) in [5.41, 5.74) is 0.0739. The highest BCUT2D eigenvalue weighted by atomic mass is 16.6. The van der Waals surface area contributed by atoms with E-state index < -0.39 is 0 Å². The molecular formula is C11H14O2. The molecule has 0 N–H and O–H groups in total. The van der Waals surface area contributed by atoms with Crippen LogP contribution in [0.1, 0.15) is 32.1 Å². The number of Topliss-reactive ketones (excluding diaryl/α,β-unsaturated/α-hetero) is 1. The number of fused-ring (bicyclic) bond motifs is 2. The van der Waals surface area contributed by atoms with E-state index in [0.717, 1.165) is 24.7 Å². The number of ketones is 1. The van der Waals surface area contributed by atoms with Gasteiger partial charge in [-0.1, -0.05) is 0 Å². The fourth-order valence-electron chi connectivity index (χ4n) is 4.15. The van der Waals surface area contributed by atoms with Gasteiger partial charge in [0.05, 0.1) is 6.10 Å². The van der Waals surface area contributed by atoms with Gasteiger partial charge < -0.3 is 4.74 Å². The molecule has 1 aliphatic heterocycles. The quantitative estimate of drug-likeness (QED) is 0.526. The van der Waals surface area contributed by atoms with Gasteiger partial charge in [0.25, 0.3) is 0 Å². The van der Waals surface area contributed by atoms with Crippen molar-refractivity contribution in [1.29, 1.82) is 0 Å². The SMILES string of the molecule is O=C1CC23OC2C[C@H]2C[C@@H]1C[C@H]3C2. The maximum absolute atomic E-state index is 11.7. The minimum Gasteiger partial charge on any atom is -0.365 e. The molecule has 13 heavy (non-hydrogen) atoms. The second-order valence-corrected chi connectivity index (χ2v) is 5.41. The van der Waals surface area contributed by atoms with E-state index in [1.54, 1.807) is 0 Å². The van der Waals surface area contributed by atoms with Crippen molar-refractivity contribution < 1.29 is 9.53 Å². The van der Waals surface area contributed by atoms with Gasteiger partial charge in [-0.3, -0.25) is 4.79 Å².